The standard InChI is InChI=1S/C29H31ClF3N3O4S/c1-19(36(28-17-23(32)8-12-27(28)33)41(38,39)25-9-5-21(30)6-10-25)26-11-7-22(31)16-20(26)18-40-29(37)34-14-13-24-4-3-15-35(24)2/h5-12,16-17,19,24H,3-4,13-15,18H2,1-2H3,(H,34,37)/t19-,24?/m1/s1. The highest BCUT2D eigenvalue weighted by molar-refractivity contribution is 7.92. The predicted molar refractivity (Wildman–Crippen MR) is 151 cm³/mol. The second-order valence-corrected chi connectivity index (χ2v) is 12.2. The number of hydrogen-bond acceptors (Lipinski definition) is 5. The van der Waals surface area contributed by atoms with E-state index in [1.807, 2.05) is 7.05 Å². The second-order valence-electron chi connectivity index (χ2n) is 9.94. The summed E-state index contributed by atoms with van der Waals surface area (Å²) in [5.41, 5.74) is -0.150. The van der Waals surface area contributed by atoms with Crippen LogP contribution in [0.25, 0.3) is 0 Å². The number of carbonyl (C=O) groups excluding carboxylic acids is 1. The van der Waals surface area contributed by atoms with Gasteiger partial charge in [-0.15, -0.1) is 0 Å². The van der Waals surface area contributed by atoms with Gasteiger partial charge in [-0.05, 0) is 99.4 Å². The second kappa shape index (κ2) is 13.1. The summed E-state index contributed by atoms with van der Waals surface area (Å²) in [5.74, 6) is -2.48. The van der Waals surface area contributed by atoms with E-state index in [9.17, 15) is 22.0 Å². The summed E-state index contributed by atoms with van der Waals surface area (Å²) in [4.78, 5) is 14.4. The molecule has 12 heteroatoms. The lowest BCUT2D eigenvalue weighted by molar-refractivity contribution is 0.138. The van der Waals surface area contributed by atoms with Gasteiger partial charge in [0.15, 0.2) is 0 Å². The summed E-state index contributed by atoms with van der Waals surface area (Å²) in [6.45, 7) is 2.48. The van der Waals surface area contributed by atoms with Crippen LogP contribution in [0.3, 0.4) is 0 Å². The van der Waals surface area contributed by atoms with E-state index < -0.39 is 45.3 Å². The van der Waals surface area contributed by atoms with Crippen molar-refractivity contribution in [3.05, 3.63) is 94.3 Å². The van der Waals surface area contributed by atoms with Gasteiger partial charge in [0, 0.05) is 23.7 Å². The van der Waals surface area contributed by atoms with E-state index in [2.05, 4.69) is 10.2 Å². The molecule has 0 aliphatic carbocycles. The van der Waals surface area contributed by atoms with Crippen molar-refractivity contribution in [2.24, 2.45) is 0 Å². The number of rotatable bonds is 10. The molecule has 1 N–H and O–H groups in total. The van der Waals surface area contributed by atoms with E-state index in [0.29, 0.717) is 12.6 Å². The van der Waals surface area contributed by atoms with E-state index >= 15 is 4.39 Å². The minimum absolute atomic E-state index is 0.163. The number of carbonyl (C=O) groups is 1. The number of halogens is 4. The lowest BCUT2D eigenvalue weighted by Crippen LogP contribution is -2.35. The van der Waals surface area contributed by atoms with Crippen LogP contribution in [-0.4, -0.2) is 45.6 Å². The summed E-state index contributed by atoms with van der Waals surface area (Å²) in [5, 5.41) is 2.97. The Kier molecular flexibility index (Phi) is 9.83. The molecule has 4 rings (SSSR count). The minimum Gasteiger partial charge on any atom is -0.445 e. The molecule has 220 valence electrons. The Hall–Kier alpha value is -3.28. The van der Waals surface area contributed by atoms with Crippen molar-refractivity contribution in [1.82, 2.24) is 10.2 Å². The van der Waals surface area contributed by atoms with Crippen LogP contribution < -0.4 is 9.62 Å². The average Bonchev–Trinajstić information content (AvgIpc) is 3.34. The number of likely N-dealkylation sites (tertiary alicyclic amines) is 1. The third-order valence-corrected chi connectivity index (χ3v) is 9.35. The lowest BCUT2D eigenvalue weighted by Gasteiger charge is -2.32. The van der Waals surface area contributed by atoms with Crippen molar-refractivity contribution >= 4 is 33.4 Å². The molecular formula is C29H31ClF3N3O4S. The number of benzene rings is 3. The highest BCUT2D eigenvalue weighted by Crippen LogP contribution is 2.37. The van der Waals surface area contributed by atoms with E-state index in [1.54, 1.807) is 0 Å². The number of sulfonamides is 1. The summed E-state index contributed by atoms with van der Waals surface area (Å²) in [7, 11) is -2.45. The molecule has 2 atom stereocenters. The quantitative estimate of drug-likeness (QED) is 0.287. The SMILES string of the molecule is C[C@H](c1ccc(F)cc1COC(=O)NCCC1CCCN1C)N(c1cc(F)ccc1F)S(=O)(=O)c1ccc(Cl)cc1. The number of nitrogens with zero attached hydrogens (tertiary/aromatic N) is 2. The van der Waals surface area contributed by atoms with Crippen LogP contribution in [0.15, 0.2) is 65.6 Å². The van der Waals surface area contributed by atoms with Crippen LogP contribution in [0.1, 0.15) is 43.4 Å². The average molecular weight is 610 g/mol. The van der Waals surface area contributed by atoms with E-state index in [0.717, 1.165) is 60.4 Å². The molecule has 0 saturated carbocycles. The van der Waals surface area contributed by atoms with Gasteiger partial charge in [0.25, 0.3) is 10.0 Å². The Balaban J connectivity index is 1.61. The first-order valence-electron chi connectivity index (χ1n) is 13.1. The zero-order valence-corrected chi connectivity index (χ0v) is 24.2. The van der Waals surface area contributed by atoms with Crippen LogP contribution in [0, 0.1) is 17.5 Å². The molecule has 0 bridgehead atoms. The van der Waals surface area contributed by atoms with Crippen LogP contribution in [0.2, 0.25) is 5.02 Å². The van der Waals surface area contributed by atoms with Crippen LogP contribution in [0.5, 0.6) is 0 Å². The molecule has 0 aromatic heterocycles. The van der Waals surface area contributed by atoms with Gasteiger partial charge in [0.05, 0.1) is 16.6 Å². The molecule has 1 saturated heterocycles. The van der Waals surface area contributed by atoms with E-state index in [-0.39, 0.29) is 27.7 Å². The topological polar surface area (TPSA) is 79.0 Å². The van der Waals surface area contributed by atoms with Gasteiger partial charge < -0.3 is 15.0 Å². The van der Waals surface area contributed by atoms with Crippen molar-refractivity contribution in [3.8, 4) is 0 Å². The summed E-state index contributed by atoms with van der Waals surface area (Å²) in [6, 6.07) is 10.4. The summed E-state index contributed by atoms with van der Waals surface area (Å²) < 4.78 is 77.3. The molecule has 1 aliphatic heterocycles. The van der Waals surface area contributed by atoms with Crippen LogP contribution in [-0.2, 0) is 21.4 Å². The maximum atomic E-state index is 15.0. The molecule has 41 heavy (non-hydrogen) atoms. The molecule has 3 aromatic rings. The molecule has 3 aromatic carbocycles. The predicted octanol–water partition coefficient (Wildman–Crippen LogP) is 6.42. The van der Waals surface area contributed by atoms with Gasteiger partial charge in [0.2, 0.25) is 0 Å². The van der Waals surface area contributed by atoms with Crippen molar-refractivity contribution < 1.29 is 31.1 Å². The van der Waals surface area contributed by atoms with Gasteiger partial charge in [-0.2, -0.15) is 0 Å². The molecule has 1 heterocycles. The first-order chi connectivity index (χ1) is 19.5. The Morgan fingerprint density at radius 3 is 2.46 bits per heavy atom. The molecule has 1 unspecified atom stereocenters. The molecule has 0 radical (unpaired) electrons. The first kappa shape index (κ1) is 30.7. The van der Waals surface area contributed by atoms with Crippen molar-refractivity contribution in [1.29, 1.82) is 0 Å². The van der Waals surface area contributed by atoms with Crippen LogP contribution >= 0.6 is 11.6 Å². The fraction of sp³-hybridized carbons (Fsp3) is 0.345. The zero-order chi connectivity index (χ0) is 29.7. The highest BCUT2D eigenvalue weighted by atomic mass is 35.5. The van der Waals surface area contributed by atoms with Crippen LogP contribution in [0.4, 0.5) is 23.7 Å². The maximum Gasteiger partial charge on any atom is 0.407 e. The van der Waals surface area contributed by atoms with Crippen molar-refractivity contribution in [2.45, 2.75) is 49.8 Å². The van der Waals surface area contributed by atoms with Gasteiger partial charge >= 0.3 is 6.09 Å². The Morgan fingerprint density at radius 2 is 1.78 bits per heavy atom. The number of nitrogens with one attached hydrogen (secondary N) is 1. The van der Waals surface area contributed by atoms with Gasteiger partial charge in [-0.25, -0.2) is 26.4 Å². The molecule has 0 spiro atoms. The fourth-order valence-electron chi connectivity index (χ4n) is 5.03. The van der Waals surface area contributed by atoms with E-state index in [1.165, 1.54) is 37.3 Å². The van der Waals surface area contributed by atoms with Crippen molar-refractivity contribution in [2.75, 3.05) is 24.4 Å². The third kappa shape index (κ3) is 7.33. The smallest absolute Gasteiger partial charge is 0.407 e. The largest absolute Gasteiger partial charge is 0.445 e. The number of hydrogen-bond donors (Lipinski definition) is 1. The third-order valence-electron chi connectivity index (χ3n) is 7.20. The minimum atomic E-state index is -4.49. The Morgan fingerprint density at radius 1 is 1.10 bits per heavy atom. The normalized spacial score (nSPS) is 16.4. The highest BCUT2D eigenvalue weighted by Gasteiger charge is 2.34. The summed E-state index contributed by atoms with van der Waals surface area (Å²) in [6.07, 6.45) is 2.20. The molecule has 7 nitrogen and oxygen atoms in total. The van der Waals surface area contributed by atoms with Gasteiger partial charge in [0.1, 0.15) is 24.1 Å². The zero-order valence-electron chi connectivity index (χ0n) is 22.6. The summed E-state index contributed by atoms with van der Waals surface area (Å²) >= 11 is 5.93. The first-order valence-corrected chi connectivity index (χ1v) is 14.9. The number of ether oxygens (including phenoxy) is 1. The van der Waals surface area contributed by atoms with Crippen molar-refractivity contribution in [3.63, 3.8) is 0 Å². The van der Waals surface area contributed by atoms with Gasteiger partial charge in [-0.3, -0.25) is 4.31 Å². The Bertz CT molecular complexity index is 1490. The van der Waals surface area contributed by atoms with E-state index in [4.69, 9.17) is 16.3 Å². The lowest BCUT2D eigenvalue weighted by atomic mass is 10.0. The molecular weight excluding hydrogens is 579 g/mol. The monoisotopic (exact) mass is 609 g/mol. The molecule has 1 amide bonds. The number of amides is 1. The number of alkyl carbamates (subject to hydrolysis) is 1. The fourth-order valence-corrected chi connectivity index (χ4v) is 6.80. The molecule has 1 aliphatic rings. The van der Waals surface area contributed by atoms with Gasteiger partial charge in [-0.1, -0.05) is 17.7 Å². The maximum absolute atomic E-state index is 15.0. The molecule has 1 fully saturated rings. The Labute approximate surface area is 242 Å². The number of anilines is 1.